The van der Waals surface area contributed by atoms with Gasteiger partial charge in [-0.2, -0.15) is 0 Å². The Morgan fingerprint density at radius 3 is 2.15 bits per heavy atom. The van der Waals surface area contributed by atoms with Crippen molar-refractivity contribution in [1.82, 2.24) is 14.8 Å². The van der Waals surface area contributed by atoms with Crippen molar-refractivity contribution in [2.45, 2.75) is 17.3 Å². The van der Waals surface area contributed by atoms with Gasteiger partial charge in [0.1, 0.15) is 0 Å². The van der Waals surface area contributed by atoms with E-state index in [1.165, 1.54) is 0 Å². The van der Waals surface area contributed by atoms with Gasteiger partial charge in [-0.15, -0.1) is 10.2 Å². The molecule has 134 valence electrons. The van der Waals surface area contributed by atoms with Crippen molar-refractivity contribution in [2.75, 3.05) is 0 Å². The van der Waals surface area contributed by atoms with Gasteiger partial charge in [0.25, 0.3) is 0 Å². The molecule has 0 N–H and O–H groups in total. The van der Waals surface area contributed by atoms with E-state index in [0.29, 0.717) is 0 Å². The lowest BCUT2D eigenvalue weighted by Crippen LogP contribution is -2.00. The Morgan fingerprint density at radius 1 is 0.815 bits per heavy atom. The van der Waals surface area contributed by atoms with Gasteiger partial charge in [0.2, 0.25) is 0 Å². The Hall–Kier alpha value is -2.56. The number of hydrogen-bond donors (Lipinski definition) is 0. The molecule has 1 atom stereocenters. The lowest BCUT2D eigenvalue weighted by molar-refractivity contribution is 0.878. The standard InChI is InChI=1S/C22H18ClN3S/c1-16(19-14-8-9-15-20(19)23)27-22-25-24-21(17-10-4-2-5-11-17)26(22)18-12-6-3-7-13-18/h2-16H,1H3/t16-/m1/s1. The second kappa shape index (κ2) is 7.99. The molecule has 4 aromatic rings. The van der Waals surface area contributed by atoms with Gasteiger partial charge in [-0.25, -0.2) is 0 Å². The van der Waals surface area contributed by atoms with Crippen molar-refractivity contribution in [3.05, 3.63) is 95.5 Å². The number of halogens is 1. The molecule has 5 heteroatoms. The lowest BCUT2D eigenvalue weighted by Gasteiger charge is -2.15. The van der Waals surface area contributed by atoms with E-state index in [-0.39, 0.29) is 5.25 Å². The lowest BCUT2D eigenvalue weighted by atomic mass is 10.2. The molecule has 0 aliphatic heterocycles. The minimum absolute atomic E-state index is 0.147. The highest BCUT2D eigenvalue weighted by molar-refractivity contribution is 7.99. The van der Waals surface area contributed by atoms with E-state index in [1.54, 1.807) is 11.8 Å². The quantitative estimate of drug-likeness (QED) is 0.367. The van der Waals surface area contributed by atoms with Crippen LogP contribution in [-0.4, -0.2) is 14.8 Å². The summed E-state index contributed by atoms with van der Waals surface area (Å²) in [6.07, 6.45) is 0. The van der Waals surface area contributed by atoms with E-state index in [1.807, 2.05) is 54.6 Å². The molecule has 4 rings (SSSR count). The first-order valence-corrected chi connectivity index (χ1v) is 9.97. The summed E-state index contributed by atoms with van der Waals surface area (Å²) in [4.78, 5) is 0. The van der Waals surface area contributed by atoms with Gasteiger partial charge < -0.3 is 0 Å². The number of hydrogen-bond acceptors (Lipinski definition) is 3. The SMILES string of the molecule is C[C@@H](Sc1nnc(-c2ccccc2)n1-c1ccccc1)c1ccccc1Cl. The Labute approximate surface area is 168 Å². The van der Waals surface area contributed by atoms with Crippen molar-refractivity contribution in [3.63, 3.8) is 0 Å². The Morgan fingerprint density at radius 2 is 1.44 bits per heavy atom. The third-order valence-corrected chi connectivity index (χ3v) is 5.73. The molecule has 0 aliphatic rings. The predicted octanol–water partition coefficient (Wildman–Crippen LogP) is 6.44. The van der Waals surface area contributed by atoms with Crippen LogP contribution in [0.2, 0.25) is 5.02 Å². The predicted molar refractivity (Wildman–Crippen MR) is 113 cm³/mol. The molecule has 0 saturated heterocycles. The first-order chi connectivity index (χ1) is 13.2. The molecule has 3 nitrogen and oxygen atoms in total. The zero-order valence-corrected chi connectivity index (χ0v) is 16.4. The van der Waals surface area contributed by atoms with Crippen LogP contribution < -0.4 is 0 Å². The molecular weight excluding hydrogens is 374 g/mol. The average Bonchev–Trinajstić information content (AvgIpc) is 3.13. The van der Waals surface area contributed by atoms with Gasteiger partial charge in [-0.3, -0.25) is 4.57 Å². The second-order valence-corrected chi connectivity index (χ2v) is 7.84. The molecule has 0 bridgehead atoms. The molecule has 3 aromatic carbocycles. The van der Waals surface area contributed by atoms with Crippen LogP contribution in [-0.2, 0) is 0 Å². The van der Waals surface area contributed by atoms with E-state index in [0.717, 1.165) is 32.8 Å². The third kappa shape index (κ3) is 3.77. The second-order valence-electron chi connectivity index (χ2n) is 6.12. The molecule has 0 spiro atoms. The summed E-state index contributed by atoms with van der Waals surface area (Å²) >= 11 is 8.04. The Balaban J connectivity index is 1.77. The molecule has 1 aromatic heterocycles. The monoisotopic (exact) mass is 391 g/mol. The molecule has 0 aliphatic carbocycles. The van der Waals surface area contributed by atoms with Crippen LogP contribution in [0.15, 0.2) is 90.1 Å². The summed E-state index contributed by atoms with van der Waals surface area (Å²) in [6, 6.07) is 28.3. The number of benzene rings is 3. The molecule has 1 heterocycles. The molecule has 0 amide bonds. The molecular formula is C22H18ClN3S. The van der Waals surface area contributed by atoms with E-state index >= 15 is 0 Å². The largest absolute Gasteiger partial charge is 0.270 e. The van der Waals surface area contributed by atoms with Crippen LogP contribution >= 0.6 is 23.4 Å². The Bertz CT molecular complexity index is 1030. The number of para-hydroxylation sites is 1. The van der Waals surface area contributed by atoms with Crippen LogP contribution in [0, 0.1) is 0 Å². The van der Waals surface area contributed by atoms with Crippen molar-refractivity contribution in [3.8, 4) is 17.1 Å². The van der Waals surface area contributed by atoms with Crippen LogP contribution in [0.3, 0.4) is 0 Å². The minimum atomic E-state index is 0.147. The number of nitrogens with zero attached hydrogens (tertiary/aromatic N) is 3. The minimum Gasteiger partial charge on any atom is -0.270 e. The normalized spacial score (nSPS) is 12.1. The van der Waals surface area contributed by atoms with Crippen molar-refractivity contribution < 1.29 is 0 Å². The summed E-state index contributed by atoms with van der Waals surface area (Å²) in [6.45, 7) is 2.14. The van der Waals surface area contributed by atoms with Gasteiger partial charge >= 0.3 is 0 Å². The first-order valence-electron chi connectivity index (χ1n) is 8.71. The van der Waals surface area contributed by atoms with Gasteiger partial charge in [0.05, 0.1) is 0 Å². The molecule has 0 unspecified atom stereocenters. The zero-order chi connectivity index (χ0) is 18.6. The topological polar surface area (TPSA) is 30.7 Å². The van der Waals surface area contributed by atoms with E-state index in [9.17, 15) is 0 Å². The zero-order valence-electron chi connectivity index (χ0n) is 14.8. The molecule has 27 heavy (non-hydrogen) atoms. The summed E-state index contributed by atoms with van der Waals surface area (Å²) in [7, 11) is 0. The highest BCUT2D eigenvalue weighted by Crippen LogP contribution is 2.39. The van der Waals surface area contributed by atoms with Crippen LogP contribution in [0.1, 0.15) is 17.7 Å². The van der Waals surface area contributed by atoms with Crippen LogP contribution in [0.5, 0.6) is 0 Å². The van der Waals surface area contributed by atoms with Crippen molar-refractivity contribution in [2.24, 2.45) is 0 Å². The van der Waals surface area contributed by atoms with Gasteiger partial charge in [-0.05, 0) is 30.7 Å². The van der Waals surface area contributed by atoms with Crippen LogP contribution in [0.25, 0.3) is 17.1 Å². The van der Waals surface area contributed by atoms with Crippen LogP contribution in [0.4, 0.5) is 0 Å². The highest BCUT2D eigenvalue weighted by atomic mass is 35.5. The fourth-order valence-corrected chi connectivity index (χ4v) is 4.35. The average molecular weight is 392 g/mol. The fraction of sp³-hybridized carbons (Fsp3) is 0.0909. The van der Waals surface area contributed by atoms with Crippen molar-refractivity contribution >= 4 is 23.4 Å². The smallest absolute Gasteiger partial charge is 0.196 e. The molecule has 0 fully saturated rings. The van der Waals surface area contributed by atoms with E-state index in [2.05, 4.69) is 52.0 Å². The maximum absolute atomic E-state index is 6.39. The number of rotatable bonds is 5. The van der Waals surface area contributed by atoms with Crippen molar-refractivity contribution in [1.29, 1.82) is 0 Å². The number of aromatic nitrogens is 3. The summed E-state index contributed by atoms with van der Waals surface area (Å²) < 4.78 is 2.10. The van der Waals surface area contributed by atoms with E-state index in [4.69, 9.17) is 11.6 Å². The maximum Gasteiger partial charge on any atom is 0.196 e. The van der Waals surface area contributed by atoms with Gasteiger partial charge in [0.15, 0.2) is 11.0 Å². The maximum atomic E-state index is 6.39. The molecule has 0 radical (unpaired) electrons. The van der Waals surface area contributed by atoms with Gasteiger partial charge in [0, 0.05) is 21.5 Å². The molecule has 0 saturated carbocycles. The summed E-state index contributed by atoms with van der Waals surface area (Å²) in [5.41, 5.74) is 3.16. The third-order valence-electron chi connectivity index (χ3n) is 4.31. The fourth-order valence-electron chi connectivity index (χ4n) is 2.96. The number of thioether (sulfide) groups is 1. The van der Waals surface area contributed by atoms with Gasteiger partial charge in [-0.1, -0.05) is 90.1 Å². The van der Waals surface area contributed by atoms with E-state index < -0.39 is 0 Å². The summed E-state index contributed by atoms with van der Waals surface area (Å²) in [5.74, 6) is 0.829. The highest BCUT2D eigenvalue weighted by Gasteiger charge is 2.19. The first kappa shape index (κ1) is 17.8. The Kier molecular flexibility index (Phi) is 5.28. The summed E-state index contributed by atoms with van der Waals surface area (Å²) in [5, 5.41) is 10.7.